The predicted molar refractivity (Wildman–Crippen MR) is 99.9 cm³/mol. The van der Waals surface area contributed by atoms with Gasteiger partial charge in [0.2, 0.25) is 0 Å². The van der Waals surface area contributed by atoms with Crippen molar-refractivity contribution in [3.63, 3.8) is 0 Å². The first-order chi connectivity index (χ1) is 12.8. The summed E-state index contributed by atoms with van der Waals surface area (Å²) in [7, 11) is 0. The lowest BCUT2D eigenvalue weighted by molar-refractivity contribution is 0.438. The molecule has 0 unspecified atom stereocenters. The molecule has 0 aliphatic carbocycles. The third-order valence-electron chi connectivity index (χ3n) is 4.33. The lowest BCUT2D eigenvalue weighted by Crippen LogP contribution is -1.98. The standard InChI is InChI=1S/C21H17ClF2O3/c1-11-5-3-4-6-19(11)27-14-9-16(22)15(18(25)10-14)7-13-8-17(23)20(24)12(2)21(13)26/h3-6,8-10,25-26H,7H2,1-2H3. The summed E-state index contributed by atoms with van der Waals surface area (Å²) >= 11 is 6.26. The molecule has 0 atom stereocenters. The number of phenols is 2. The highest BCUT2D eigenvalue weighted by Crippen LogP contribution is 2.38. The zero-order valence-corrected chi connectivity index (χ0v) is 15.4. The van der Waals surface area contributed by atoms with Crippen LogP contribution in [0, 0.1) is 25.5 Å². The van der Waals surface area contributed by atoms with E-state index in [-0.39, 0.29) is 39.6 Å². The predicted octanol–water partition coefficient (Wildman–Crippen LogP) is 6.03. The number of halogens is 3. The molecular weight excluding hydrogens is 374 g/mol. The lowest BCUT2D eigenvalue weighted by atomic mass is 10.00. The molecule has 0 saturated heterocycles. The Labute approximate surface area is 160 Å². The Bertz CT molecular complexity index is 996. The van der Waals surface area contributed by atoms with Gasteiger partial charge in [0.15, 0.2) is 11.6 Å². The van der Waals surface area contributed by atoms with Crippen LogP contribution in [-0.2, 0) is 6.42 Å². The molecule has 0 bridgehead atoms. The number of benzene rings is 3. The van der Waals surface area contributed by atoms with E-state index < -0.39 is 11.6 Å². The number of ether oxygens (including phenoxy) is 1. The number of para-hydroxylation sites is 1. The molecule has 0 spiro atoms. The van der Waals surface area contributed by atoms with Gasteiger partial charge >= 0.3 is 0 Å². The van der Waals surface area contributed by atoms with Crippen LogP contribution >= 0.6 is 11.6 Å². The van der Waals surface area contributed by atoms with Crippen molar-refractivity contribution >= 4 is 11.6 Å². The summed E-state index contributed by atoms with van der Waals surface area (Å²) in [5.41, 5.74) is 1.12. The van der Waals surface area contributed by atoms with Crippen LogP contribution in [0.3, 0.4) is 0 Å². The fraction of sp³-hybridized carbons (Fsp3) is 0.143. The summed E-state index contributed by atoms with van der Waals surface area (Å²) in [6.45, 7) is 3.16. The first kappa shape index (κ1) is 19.0. The van der Waals surface area contributed by atoms with Crippen LogP contribution in [0.25, 0.3) is 0 Å². The van der Waals surface area contributed by atoms with Crippen molar-refractivity contribution in [3.05, 3.63) is 81.4 Å². The Morgan fingerprint density at radius 1 is 1.04 bits per heavy atom. The Morgan fingerprint density at radius 2 is 1.74 bits per heavy atom. The number of rotatable bonds is 4. The molecule has 3 rings (SSSR count). The Balaban J connectivity index is 1.94. The molecule has 0 radical (unpaired) electrons. The monoisotopic (exact) mass is 390 g/mol. The van der Waals surface area contributed by atoms with Crippen molar-refractivity contribution in [2.45, 2.75) is 20.3 Å². The van der Waals surface area contributed by atoms with E-state index in [0.29, 0.717) is 11.5 Å². The third kappa shape index (κ3) is 3.83. The van der Waals surface area contributed by atoms with Crippen LogP contribution in [0.1, 0.15) is 22.3 Å². The molecule has 0 amide bonds. The summed E-state index contributed by atoms with van der Waals surface area (Å²) in [6, 6.07) is 11.2. The van der Waals surface area contributed by atoms with E-state index in [1.165, 1.54) is 19.1 Å². The number of aromatic hydroxyl groups is 2. The lowest BCUT2D eigenvalue weighted by Gasteiger charge is -2.14. The van der Waals surface area contributed by atoms with E-state index in [4.69, 9.17) is 16.3 Å². The molecule has 0 aliphatic rings. The first-order valence-corrected chi connectivity index (χ1v) is 8.57. The maximum Gasteiger partial charge on any atom is 0.165 e. The van der Waals surface area contributed by atoms with Gasteiger partial charge in [-0.3, -0.25) is 0 Å². The summed E-state index contributed by atoms with van der Waals surface area (Å²) in [4.78, 5) is 0. The van der Waals surface area contributed by atoms with Crippen LogP contribution in [0.15, 0.2) is 42.5 Å². The van der Waals surface area contributed by atoms with Crippen LogP contribution in [-0.4, -0.2) is 10.2 Å². The van der Waals surface area contributed by atoms with Crippen molar-refractivity contribution in [1.82, 2.24) is 0 Å². The maximum atomic E-state index is 13.7. The van der Waals surface area contributed by atoms with Crippen molar-refractivity contribution in [2.75, 3.05) is 0 Å². The van der Waals surface area contributed by atoms with Gasteiger partial charge in [-0.25, -0.2) is 8.78 Å². The molecule has 27 heavy (non-hydrogen) atoms. The van der Waals surface area contributed by atoms with Crippen molar-refractivity contribution in [1.29, 1.82) is 0 Å². The number of aryl methyl sites for hydroxylation is 1. The maximum absolute atomic E-state index is 13.7. The van der Waals surface area contributed by atoms with E-state index in [0.717, 1.165) is 11.6 Å². The first-order valence-electron chi connectivity index (χ1n) is 8.19. The van der Waals surface area contributed by atoms with Gasteiger partial charge in [0.25, 0.3) is 0 Å². The van der Waals surface area contributed by atoms with Gasteiger partial charge in [0, 0.05) is 29.2 Å². The van der Waals surface area contributed by atoms with Gasteiger partial charge < -0.3 is 14.9 Å². The van der Waals surface area contributed by atoms with E-state index in [2.05, 4.69) is 0 Å². The summed E-state index contributed by atoms with van der Waals surface area (Å²) < 4.78 is 33.0. The summed E-state index contributed by atoms with van der Waals surface area (Å²) in [6.07, 6.45) is -0.0703. The van der Waals surface area contributed by atoms with Crippen molar-refractivity contribution < 1.29 is 23.7 Å². The van der Waals surface area contributed by atoms with Gasteiger partial charge in [-0.2, -0.15) is 0 Å². The van der Waals surface area contributed by atoms with Crippen LogP contribution in [0.5, 0.6) is 23.0 Å². The van der Waals surface area contributed by atoms with E-state index in [1.807, 2.05) is 25.1 Å². The second kappa shape index (κ2) is 7.45. The molecule has 3 nitrogen and oxygen atoms in total. The Hall–Kier alpha value is -2.79. The van der Waals surface area contributed by atoms with E-state index >= 15 is 0 Å². The van der Waals surface area contributed by atoms with Gasteiger partial charge in [-0.05, 0) is 37.6 Å². The Kier molecular flexibility index (Phi) is 5.24. The van der Waals surface area contributed by atoms with Gasteiger partial charge in [-0.1, -0.05) is 29.8 Å². The van der Waals surface area contributed by atoms with Crippen molar-refractivity contribution in [3.8, 4) is 23.0 Å². The van der Waals surface area contributed by atoms with E-state index in [9.17, 15) is 19.0 Å². The molecule has 3 aromatic rings. The molecule has 0 saturated carbocycles. The normalized spacial score (nSPS) is 10.9. The summed E-state index contributed by atoms with van der Waals surface area (Å²) in [5.74, 6) is -1.77. The molecule has 2 N–H and O–H groups in total. The Morgan fingerprint density at radius 3 is 2.41 bits per heavy atom. The largest absolute Gasteiger partial charge is 0.507 e. The molecule has 140 valence electrons. The van der Waals surface area contributed by atoms with Gasteiger partial charge in [-0.15, -0.1) is 0 Å². The minimum Gasteiger partial charge on any atom is -0.507 e. The van der Waals surface area contributed by atoms with Gasteiger partial charge in [0.05, 0.1) is 5.02 Å². The molecule has 0 aliphatic heterocycles. The molecule has 0 fully saturated rings. The highest BCUT2D eigenvalue weighted by Gasteiger charge is 2.18. The quantitative estimate of drug-likeness (QED) is 0.571. The molecule has 0 heterocycles. The van der Waals surface area contributed by atoms with Crippen LogP contribution in [0.2, 0.25) is 5.02 Å². The van der Waals surface area contributed by atoms with Gasteiger partial charge in [0.1, 0.15) is 23.0 Å². The topological polar surface area (TPSA) is 49.7 Å². The number of hydrogen-bond donors (Lipinski definition) is 2. The number of hydrogen-bond acceptors (Lipinski definition) is 3. The average molecular weight is 391 g/mol. The highest BCUT2D eigenvalue weighted by molar-refractivity contribution is 6.31. The molecule has 6 heteroatoms. The van der Waals surface area contributed by atoms with Crippen LogP contribution in [0.4, 0.5) is 8.78 Å². The fourth-order valence-corrected chi connectivity index (χ4v) is 3.03. The fourth-order valence-electron chi connectivity index (χ4n) is 2.76. The SMILES string of the molecule is Cc1ccccc1Oc1cc(O)c(Cc2cc(F)c(F)c(C)c2O)c(Cl)c1. The zero-order chi connectivity index (χ0) is 19.7. The third-order valence-corrected chi connectivity index (χ3v) is 4.67. The van der Waals surface area contributed by atoms with Crippen molar-refractivity contribution in [2.24, 2.45) is 0 Å². The minimum absolute atomic E-state index is 0.0703. The smallest absolute Gasteiger partial charge is 0.165 e. The summed E-state index contributed by atoms with van der Waals surface area (Å²) in [5, 5.41) is 20.6. The second-order valence-corrected chi connectivity index (χ2v) is 6.66. The molecule has 0 aromatic heterocycles. The minimum atomic E-state index is -1.10. The average Bonchev–Trinajstić information content (AvgIpc) is 2.62. The highest BCUT2D eigenvalue weighted by atomic mass is 35.5. The zero-order valence-electron chi connectivity index (χ0n) is 14.7. The molecule has 3 aromatic carbocycles. The van der Waals surface area contributed by atoms with E-state index in [1.54, 1.807) is 6.07 Å². The van der Waals surface area contributed by atoms with Crippen LogP contribution < -0.4 is 4.74 Å². The molecular formula is C21H17ClF2O3. The second-order valence-electron chi connectivity index (χ2n) is 6.25. The number of phenolic OH excluding ortho intramolecular Hbond substituents is 2.